The van der Waals surface area contributed by atoms with Crippen LogP contribution in [0.5, 0.6) is 0 Å². The summed E-state index contributed by atoms with van der Waals surface area (Å²) in [4.78, 5) is 15.7. The van der Waals surface area contributed by atoms with Gasteiger partial charge in [-0.15, -0.1) is 0 Å². The second-order valence-corrected chi connectivity index (χ2v) is 3.75. The lowest BCUT2D eigenvalue weighted by Gasteiger charge is -2.10. The fraction of sp³-hybridized carbons (Fsp3) is 0.0833. The number of amides is 1. The van der Waals surface area contributed by atoms with Crippen LogP contribution in [0, 0.1) is 5.82 Å². The quantitative estimate of drug-likeness (QED) is 0.920. The van der Waals surface area contributed by atoms with Gasteiger partial charge in [0.25, 0.3) is 0 Å². The van der Waals surface area contributed by atoms with E-state index in [1.54, 1.807) is 0 Å². The number of pyridine rings is 1. The zero-order chi connectivity index (χ0) is 14.0. The number of aromatic nitrogens is 3. The fourth-order valence-corrected chi connectivity index (χ4v) is 1.54. The molecule has 6 nitrogen and oxygen atoms in total. The van der Waals surface area contributed by atoms with E-state index < -0.39 is 11.9 Å². The predicted molar refractivity (Wildman–Crippen MR) is 67.8 cm³/mol. The highest BCUT2D eigenvalue weighted by molar-refractivity contribution is 5.87. The van der Waals surface area contributed by atoms with Gasteiger partial charge in [0.05, 0.1) is 30.0 Å². The molecule has 0 saturated heterocycles. The summed E-state index contributed by atoms with van der Waals surface area (Å²) in [5, 5.41) is 13.1. The molecule has 0 aliphatic heterocycles. The van der Waals surface area contributed by atoms with Gasteiger partial charge in [-0.1, -0.05) is 6.58 Å². The molecule has 0 bridgehead atoms. The SMILES string of the molecule is C=Cc1nn(-c2cncc(F)c2)cc1N(C)C(=O)O. The maximum atomic E-state index is 13.1. The molecule has 0 spiro atoms. The Morgan fingerprint density at radius 2 is 2.32 bits per heavy atom. The number of rotatable bonds is 3. The van der Waals surface area contributed by atoms with Gasteiger partial charge >= 0.3 is 6.09 Å². The van der Waals surface area contributed by atoms with Crippen LogP contribution in [0.4, 0.5) is 14.9 Å². The summed E-state index contributed by atoms with van der Waals surface area (Å²) in [6.45, 7) is 3.57. The molecule has 98 valence electrons. The Morgan fingerprint density at radius 1 is 1.58 bits per heavy atom. The molecule has 2 aromatic heterocycles. The number of carboxylic acid groups (broad SMARTS) is 1. The molecule has 2 rings (SSSR count). The van der Waals surface area contributed by atoms with Gasteiger partial charge in [0.2, 0.25) is 0 Å². The Bertz CT molecular complexity index is 638. The molecule has 2 heterocycles. The van der Waals surface area contributed by atoms with Gasteiger partial charge in [-0.3, -0.25) is 9.88 Å². The largest absolute Gasteiger partial charge is 0.465 e. The van der Waals surface area contributed by atoms with Gasteiger partial charge in [0.15, 0.2) is 0 Å². The van der Waals surface area contributed by atoms with Crippen molar-refractivity contribution in [2.24, 2.45) is 0 Å². The van der Waals surface area contributed by atoms with Crippen molar-refractivity contribution in [1.82, 2.24) is 14.8 Å². The summed E-state index contributed by atoms with van der Waals surface area (Å²) in [5.74, 6) is -0.499. The fourth-order valence-electron chi connectivity index (χ4n) is 1.54. The minimum absolute atomic E-state index is 0.353. The average Bonchev–Trinajstić information content (AvgIpc) is 2.81. The Balaban J connectivity index is 2.50. The molecule has 0 saturated carbocycles. The van der Waals surface area contributed by atoms with E-state index in [9.17, 15) is 9.18 Å². The molecular formula is C12H11FN4O2. The first-order valence-corrected chi connectivity index (χ1v) is 5.32. The summed E-state index contributed by atoms with van der Waals surface area (Å²) in [5.41, 5.74) is 1.13. The van der Waals surface area contributed by atoms with Gasteiger partial charge in [0.1, 0.15) is 11.5 Å². The highest BCUT2D eigenvalue weighted by atomic mass is 19.1. The zero-order valence-electron chi connectivity index (χ0n) is 10.1. The molecular weight excluding hydrogens is 251 g/mol. The number of carbonyl (C=O) groups is 1. The minimum atomic E-state index is -1.12. The van der Waals surface area contributed by atoms with Crippen molar-refractivity contribution in [2.45, 2.75) is 0 Å². The van der Waals surface area contributed by atoms with Crippen molar-refractivity contribution in [3.05, 3.63) is 42.7 Å². The summed E-state index contributed by atoms with van der Waals surface area (Å²) >= 11 is 0. The first-order chi connectivity index (χ1) is 9.02. The molecule has 0 unspecified atom stereocenters. The van der Waals surface area contributed by atoms with Crippen molar-refractivity contribution in [2.75, 3.05) is 11.9 Å². The van der Waals surface area contributed by atoms with Crippen LogP contribution in [0.1, 0.15) is 5.69 Å². The monoisotopic (exact) mass is 262 g/mol. The zero-order valence-corrected chi connectivity index (χ0v) is 10.1. The van der Waals surface area contributed by atoms with Crippen LogP contribution >= 0.6 is 0 Å². The van der Waals surface area contributed by atoms with Crippen LogP contribution < -0.4 is 4.90 Å². The molecule has 0 atom stereocenters. The highest BCUT2D eigenvalue weighted by Crippen LogP contribution is 2.21. The third-order valence-corrected chi connectivity index (χ3v) is 2.52. The van der Waals surface area contributed by atoms with Crippen molar-refractivity contribution in [1.29, 1.82) is 0 Å². The van der Waals surface area contributed by atoms with E-state index in [0.717, 1.165) is 11.1 Å². The number of halogens is 1. The molecule has 19 heavy (non-hydrogen) atoms. The third kappa shape index (κ3) is 2.44. The molecule has 0 radical (unpaired) electrons. The topological polar surface area (TPSA) is 71.2 Å². The van der Waals surface area contributed by atoms with Gasteiger partial charge in [0, 0.05) is 13.1 Å². The Labute approximate surface area is 108 Å². The molecule has 0 aromatic carbocycles. The van der Waals surface area contributed by atoms with Gasteiger partial charge in [-0.2, -0.15) is 5.10 Å². The summed E-state index contributed by atoms with van der Waals surface area (Å²) in [7, 11) is 1.39. The van der Waals surface area contributed by atoms with Crippen LogP contribution in [-0.4, -0.2) is 33.0 Å². The lowest BCUT2D eigenvalue weighted by Crippen LogP contribution is -2.23. The molecule has 1 amide bonds. The third-order valence-electron chi connectivity index (χ3n) is 2.52. The van der Waals surface area contributed by atoms with E-state index in [-0.39, 0.29) is 0 Å². The summed E-state index contributed by atoms with van der Waals surface area (Å²) < 4.78 is 14.4. The predicted octanol–water partition coefficient (Wildman–Crippen LogP) is 2.16. The van der Waals surface area contributed by atoms with E-state index >= 15 is 0 Å². The van der Waals surface area contributed by atoms with E-state index in [2.05, 4.69) is 16.7 Å². The molecule has 1 N–H and O–H groups in total. The van der Waals surface area contributed by atoms with Crippen molar-refractivity contribution in [3.63, 3.8) is 0 Å². The van der Waals surface area contributed by atoms with Crippen LogP contribution in [0.25, 0.3) is 11.8 Å². The Morgan fingerprint density at radius 3 is 2.89 bits per heavy atom. The van der Waals surface area contributed by atoms with Gasteiger partial charge in [-0.05, 0) is 6.08 Å². The maximum absolute atomic E-state index is 13.1. The van der Waals surface area contributed by atoms with E-state index in [1.807, 2.05) is 0 Å². The number of anilines is 1. The number of nitrogens with zero attached hydrogens (tertiary/aromatic N) is 4. The number of hydrogen-bond acceptors (Lipinski definition) is 3. The first kappa shape index (κ1) is 12.7. The minimum Gasteiger partial charge on any atom is -0.465 e. The van der Waals surface area contributed by atoms with Crippen LogP contribution in [0.2, 0.25) is 0 Å². The van der Waals surface area contributed by atoms with Crippen LogP contribution in [-0.2, 0) is 0 Å². The lowest BCUT2D eigenvalue weighted by atomic mass is 10.3. The Hall–Kier alpha value is -2.70. The molecule has 2 aromatic rings. The highest BCUT2D eigenvalue weighted by Gasteiger charge is 2.16. The summed E-state index contributed by atoms with van der Waals surface area (Å²) in [6.07, 6.45) is 4.28. The summed E-state index contributed by atoms with van der Waals surface area (Å²) in [6, 6.07) is 1.25. The van der Waals surface area contributed by atoms with E-state index in [1.165, 1.54) is 36.3 Å². The number of hydrogen-bond donors (Lipinski definition) is 1. The molecule has 0 aliphatic carbocycles. The average molecular weight is 262 g/mol. The van der Waals surface area contributed by atoms with Crippen molar-refractivity contribution in [3.8, 4) is 5.69 Å². The van der Waals surface area contributed by atoms with Gasteiger partial charge < -0.3 is 5.11 Å². The first-order valence-electron chi connectivity index (χ1n) is 5.32. The van der Waals surface area contributed by atoms with Gasteiger partial charge in [-0.25, -0.2) is 13.9 Å². The van der Waals surface area contributed by atoms with Crippen molar-refractivity contribution >= 4 is 17.9 Å². The standard InChI is InChI=1S/C12H11FN4O2/c1-3-10-11(16(2)12(18)19)7-17(15-10)9-4-8(13)5-14-6-9/h3-7H,1H2,2H3,(H,18,19). The molecule has 0 fully saturated rings. The molecule has 0 aliphatic rings. The smallest absolute Gasteiger partial charge is 0.411 e. The second-order valence-electron chi connectivity index (χ2n) is 3.75. The normalized spacial score (nSPS) is 10.2. The van der Waals surface area contributed by atoms with Crippen LogP contribution in [0.15, 0.2) is 31.2 Å². The van der Waals surface area contributed by atoms with Crippen LogP contribution in [0.3, 0.4) is 0 Å². The second kappa shape index (κ2) is 4.89. The molecule has 7 heteroatoms. The van der Waals surface area contributed by atoms with Crippen molar-refractivity contribution < 1.29 is 14.3 Å². The van der Waals surface area contributed by atoms with E-state index in [0.29, 0.717) is 17.1 Å². The lowest BCUT2D eigenvalue weighted by molar-refractivity contribution is 0.203. The maximum Gasteiger partial charge on any atom is 0.411 e. The van der Waals surface area contributed by atoms with E-state index in [4.69, 9.17) is 5.11 Å². The Kier molecular flexibility index (Phi) is 3.28.